The number of hydrogen-bond donors (Lipinski definition) is 3. The maximum Gasteiger partial charge on any atom is 0.277 e. The van der Waals surface area contributed by atoms with Crippen LogP contribution in [0.4, 0.5) is 5.69 Å². The molecule has 2 aliphatic heterocycles. The van der Waals surface area contributed by atoms with E-state index in [1.807, 2.05) is 4.72 Å². The van der Waals surface area contributed by atoms with Crippen molar-refractivity contribution in [3.63, 3.8) is 0 Å². The molecule has 3 aromatic carbocycles. The van der Waals surface area contributed by atoms with Crippen LogP contribution < -0.4 is 24.8 Å². The van der Waals surface area contributed by atoms with Crippen LogP contribution in [-0.4, -0.2) is 45.1 Å². The van der Waals surface area contributed by atoms with Gasteiger partial charge in [0.05, 0.1) is 19.4 Å². The number of anilines is 1. The monoisotopic (exact) mass is 679 g/mol. The SMILES string of the molecule is COc1ccc(Cl)cc1[C@@H]1NC(=O)C[C@H](c2cc(Cl)ccc2OC(C)(C)C(=O)NS(C)(=O)=O)[C@@]12C(=O)Nc1cc(Cl)ccc12. The van der Waals surface area contributed by atoms with E-state index in [1.54, 1.807) is 42.5 Å². The Hall–Kier alpha value is -3.51. The summed E-state index contributed by atoms with van der Waals surface area (Å²) in [7, 11) is -2.43. The highest BCUT2D eigenvalue weighted by Gasteiger charge is 2.62. The van der Waals surface area contributed by atoms with Crippen molar-refractivity contribution >= 4 is 68.2 Å². The Labute approximate surface area is 269 Å². The summed E-state index contributed by atoms with van der Waals surface area (Å²) in [6, 6.07) is 13.5. The fourth-order valence-corrected chi connectivity index (χ4v) is 7.06. The number of hydrogen-bond acceptors (Lipinski definition) is 7. The maximum atomic E-state index is 14.4. The minimum atomic E-state index is -3.89. The average molecular weight is 681 g/mol. The smallest absolute Gasteiger partial charge is 0.277 e. The summed E-state index contributed by atoms with van der Waals surface area (Å²) < 4.78 is 37.4. The molecule has 0 bridgehead atoms. The van der Waals surface area contributed by atoms with E-state index in [1.165, 1.54) is 33.1 Å². The van der Waals surface area contributed by atoms with Gasteiger partial charge < -0.3 is 20.1 Å². The zero-order chi connectivity index (χ0) is 32.2. The summed E-state index contributed by atoms with van der Waals surface area (Å²) in [5.74, 6) is -2.16. The minimum Gasteiger partial charge on any atom is -0.496 e. The van der Waals surface area contributed by atoms with Crippen LogP contribution in [-0.2, 0) is 29.8 Å². The molecule has 0 aliphatic carbocycles. The molecule has 2 aliphatic rings. The van der Waals surface area contributed by atoms with Crippen molar-refractivity contribution in [2.45, 2.75) is 43.2 Å². The normalized spacial score (nSPS) is 21.3. The standard InChI is InChI=1S/C30H28Cl3N3O7S/c1-29(2,27(38)36-44(4,40)41)43-24-10-7-15(31)11-18(24)21-14-25(37)35-26(19-12-16(32)6-9-23(19)42-3)30(21)20-8-5-17(33)13-22(20)34-28(30)39/h5-13,21,26H,14H2,1-4H3,(H,34,39)(H,35,37)(H,36,38)/t21-,26+,30-/m1/s1. The summed E-state index contributed by atoms with van der Waals surface area (Å²) in [5.41, 5.74) is -1.43. The van der Waals surface area contributed by atoms with Crippen molar-refractivity contribution in [1.29, 1.82) is 0 Å². The third-order valence-corrected chi connectivity index (χ3v) is 9.05. The fraction of sp³-hybridized carbons (Fsp3) is 0.300. The van der Waals surface area contributed by atoms with Crippen LogP contribution in [0.5, 0.6) is 11.5 Å². The second-order valence-corrected chi connectivity index (χ2v) is 14.2. The highest BCUT2D eigenvalue weighted by atomic mass is 35.5. The highest BCUT2D eigenvalue weighted by Crippen LogP contribution is 2.60. The molecule has 0 saturated carbocycles. The van der Waals surface area contributed by atoms with Gasteiger partial charge in [-0.25, -0.2) is 13.1 Å². The summed E-state index contributed by atoms with van der Waals surface area (Å²) in [6.07, 6.45) is 0.674. The Morgan fingerprint density at radius 1 is 0.955 bits per heavy atom. The van der Waals surface area contributed by atoms with Gasteiger partial charge in [-0.05, 0) is 67.9 Å². The van der Waals surface area contributed by atoms with Crippen molar-refractivity contribution < 1.29 is 32.3 Å². The van der Waals surface area contributed by atoms with E-state index in [0.29, 0.717) is 38.2 Å². The van der Waals surface area contributed by atoms with Crippen molar-refractivity contribution in [3.8, 4) is 11.5 Å². The molecule has 44 heavy (non-hydrogen) atoms. The van der Waals surface area contributed by atoms with Crippen molar-refractivity contribution in [2.24, 2.45) is 0 Å². The minimum absolute atomic E-state index is 0.120. The third-order valence-electron chi connectivity index (χ3n) is 7.79. The van der Waals surface area contributed by atoms with Crippen LogP contribution in [0.15, 0.2) is 54.6 Å². The van der Waals surface area contributed by atoms with Crippen molar-refractivity contribution in [3.05, 3.63) is 86.4 Å². The number of piperidine rings is 1. The quantitative estimate of drug-likeness (QED) is 0.315. The van der Waals surface area contributed by atoms with E-state index in [4.69, 9.17) is 44.3 Å². The molecule has 10 nitrogen and oxygen atoms in total. The highest BCUT2D eigenvalue weighted by molar-refractivity contribution is 7.89. The second-order valence-electron chi connectivity index (χ2n) is 11.2. The molecule has 3 amide bonds. The first-order valence-electron chi connectivity index (χ1n) is 13.3. The maximum absolute atomic E-state index is 14.4. The lowest BCUT2D eigenvalue weighted by molar-refractivity contribution is -0.133. The Bertz CT molecular complexity index is 1820. The molecule has 0 unspecified atom stereocenters. The van der Waals surface area contributed by atoms with Crippen LogP contribution in [0.1, 0.15) is 48.9 Å². The lowest BCUT2D eigenvalue weighted by Gasteiger charge is -2.47. The van der Waals surface area contributed by atoms with Gasteiger partial charge in [0.15, 0.2) is 5.60 Å². The molecule has 3 N–H and O–H groups in total. The largest absolute Gasteiger partial charge is 0.496 e. The Morgan fingerprint density at radius 3 is 2.18 bits per heavy atom. The first-order chi connectivity index (χ1) is 20.6. The number of benzene rings is 3. The van der Waals surface area contributed by atoms with Gasteiger partial charge in [-0.2, -0.15) is 0 Å². The first kappa shape index (κ1) is 31.9. The molecule has 14 heteroatoms. The molecule has 3 aromatic rings. The lowest BCUT2D eigenvalue weighted by Crippen LogP contribution is -2.57. The Kier molecular flexibility index (Phi) is 8.30. The third kappa shape index (κ3) is 5.69. The van der Waals surface area contributed by atoms with Gasteiger partial charge in [0.25, 0.3) is 5.91 Å². The molecule has 1 spiro atoms. The topological polar surface area (TPSA) is 140 Å². The van der Waals surface area contributed by atoms with Crippen LogP contribution >= 0.6 is 34.8 Å². The number of methoxy groups -OCH3 is 1. The van der Waals surface area contributed by atoms with E-state index in [2.05, 4.69) is 10.6 Å². The van der Waals surface area contributed by atoms with Gasteiger partial charge in [0.1, 0.15) is 16.9 Å². The number of rotatable bonds is 7. The van der Waals surface area contributed by atoms with Crippen LogP contribution in [0, 0.1) is 0 Å². The van der Waals surface area contributed by atoms with Crippen molar-refractivity contribution in [2.75, 3.05) is 18.7 Å². The van der Waals surface area contributed by atoms with E-state index < -0.39 is 44.8 Å². The zero-order valence-electron chi connectivity index (χ0n) is 24.0. The first-order valence-corrected chi connectivity index (χ1v) is 16.3. The fourth-order valence-electron chi connectivity index (χ4n) is 5.95. The number of halogens is 3. The van der Waals surface area contributed by atoms with Gasteiger partial charge in [-0.15, -0.1) is 0 Å². The van der Waals surface area contributed by atoms with Gasteiger partial charge >= 0.3 is 0 Å². The zero-order valence-corrected chi connectivity index (χ0v) is 27.0. The summed E-state index contributed by atoms with van der Waals surface area (Å²) in [5, 5.41) is 6.96. The number of ether oxygens (including phenoxy) is 2. The predicted octanol–water partition coefficient (Wildman–Crippen LogP) is 5.12. The van der Waals surface area contributed by atoms with Gasteiger partial charge in [0.2, 0.25) is 21.8 Å². The van der Waals surface area contributed by atoms with E-state index in [0.717, 1.165) is 6.26 Å². The number of fused-ring (bicyclic) bond motifs is 2. The van der Waals surface area contributed by atoms with Crippen molar-refractivity contribution in [1.82, 2.24) is 10.0 Å². The van der Waals surface area contributed by atoms with E-state index >= 15 is 0 Å². The molecular weight excluding hydrogens is 653 g/mol. The number of amides is 3. The van der Waals surface area contributed by atoms with Gasteiger partial charge in [-0.1, -0.05) is 40.9 Å². The van der Waals surface area contributed by atoms with Crippen LogP contribution in [0.3, 0.4) is 0 Å². The summed E-state index contributed by atoms with van der Waals surface area (Å²) in [4.78, 5) is 40.9. The lowest BCUT2D eigenvalue weighted by atomic mass is 9.59. The number of carbonyl (C=O) groups excluding carboxylic acids is 3. The molecule has 0 radical (unpaired) electrons. The molecule has 1 saturated heterocycles. The predicted molar refractivity (Wildman–Crippen MR) is 167 cm³/mol. The molecule has 0 aromatic heterocycles. The Morgan fingerprint density at radius 2 is 1.55 bits per heavy atom. The Balaban J connectivity index is 1.77. The molecular formula is C30H28Cl3N3O7S. The van der Waals surface area contributed by atoms with Crippen LogP contribution in [0.2, 0.25) is 15.1 Å². The molecule has 232 valence electrons. The molecule has 2 heterocycles. The molecule has 1 fully saturated rings. The van der Waals surface area contributed by atoms with Gasteiger partial charge in [0, 0.05) is 44.2 Å². The number of carbonyl (C=O) groups is 3. The summed E-state index contributed by atoms with van der Waals surface area (Å²) in [6.45, 7) is 2.79. The average Bonchev–Trinajstić information content (AvgIpc) is 3.20. The number of sulfonamides is 1. The molecule has 5 rings (SSSR count). The van der Waals surface area contributed by atoms with Crippen LogP contribution in [0.25, 0.3) is 0 Å². The summed E-state index contributed by atoms with van der Waals surface area (Å²) >= 11 is 19.2. The molecule has 3 atom stereocenters. The van der Waals surface area contributed by atoms with E-state index in [9.17, 15) is 22.8 Å². The number of nitrogens with one attached hydrogen (secondary N) is 3. The second kappa shape index (κ2) is 11.4. The van der Waals surface area contributed by atoms with E-state index in [-0.39, 0.29) is 23.1 Å². The van der Waals surface area contributed by atoms with Gasteiger partial charge in [-0.3, -0.25) is 14.4 Å².